The fourth-order valence-corrected chi connectivity index (χ4v) is 3.66. The Labute approximate surface area is 135 Å². The van der Waals surface area contributed by atoms with E-state index in [1.54, 1.807) is 11.3 Å². The summed E-state index contributed by atoms with van der Waals surface area (Å²) in [5, 5.41) is 2.00. The maximum Gasteiger partial charge on any atom is 0.264 e. The number of thiocarbonyl (C=S) groups is 1. The normalized spacial score (nSPS) is 17.0. The summed E-state index contributed by atoms with van der Waals surface area (Å²) in [4.78, 5) is 18.2. The van der Waals surface area contributed by atoms with Crippen LogP contribution in [0.15, 0.2) is 11.4 Å². The smallest absolute Gasteiger partial charge is 0.264 e. The average Bonchev–Trinajstić information content (AvgIpc) is 2.94. The molecule has 0 aliphatic carbocycles. The minimum absolute atomic E-state index is 0.162. The zero-order valence-corrected chi connectivity index (χ0v) is 14.5. The van der Waals surface area contributed by atoms with Gasteiger partial charge >= 0.3 is 0 Å². The van der Waals surface area contributed by atoms with E-state index in [1.807, 2.05) is 30.2 Å². The molecule has 1 aliphatic rings. The topological polar surface area (TPSA) is 49.6 Å². The lowest BCUT2D eigenvalue weighted by molar-refractivity contribution is 0.0543. The lowest BCUT2D eigenvalue weighted by Crippen LogP contribution is -2.59. The van der Waals surface area contributed by atoms with Gasteiger partial charge in [0.05, 0.1) is 15.4 Å². The van der Waals surface area contributed by atoms with E-state index in [0.717, 1.165) is 43.0 Å². The minimum Gasteiger partial charge on any atom is -0.392 e. The summed E-state index contributed by atoms with van der Waals surface area (Å²) in [6.07, 6.45) is 0.902. The Morgan fingerprint density at radius 2 is 2.00 bits per heavy atom. The van der Waals surface area contributed by atoms with Crippen LogP contribution in [-0.4, -0.2) is 52.4 Å². The van der Waals surface area contributed by atoms with Gasteiger partial charge in [-0.25, -0.2) is 0 Å². The predicted molar refractivity (Wildman–Crippen MR) is 92.0 cm³/mol. The first-order valence-electron chi connectivity index (χ1n) is 7.28. The number of carbonyl (C=O) groups is 1. The van der Waals surface area contributed by atoms with Crippen LogP contribution in [0.25, 0.3) is 0 Å². The number of piperazine rings is 1. The van der Waals surface area contributed by atoms with Crippen LogP contribution in [0.5, 0.6) is 0 Å². The van der Waals surface area contributed by atoms with Crippen LogP contribution >= 0.6 is 23.6 Å². The lowest BCUT2D eigenvalue weighted by atomic mass is 10.0. The van der Waals surface area contributed by atoms with E-state index < -0.39 is 0 Å². The summed E-state index contributed by atoms with van der Waals surface area (Å²) in [7, 11) is 0. The van der Waals surface area contributed by atoms with Gasteiger partial charge in [0.1, 0.15) is 0 Å². The number of hydrogen-bond donors (Lipinski definition) is 1. The number of nitrogens with zero attached hydrogens (tertiary/aromatic N) is 2. The van der Waals surface area contributed by atoms with Crippen LogP contribution in [-0.2, 0) is 6.42 Å². The summed E-state index contributed by atoms with van der Waals surface area (Å²) in [6, 6.07) is 2.05. The standard InChI is InChI=1S/C15H23N3OS2/c1-4-11-5-10-21-12(11)13(19)17-6-8-18(9-7-17)15(2,3)14(16)20/h5,10H,4,6-9H2,1-3H3,(H2,16,20). The van der Waals surface area contributed by atoms with Crippen molar-refractivity contribution in [1.29, 1.82) is 0 Å². The number of rotatable bonds is 4. The number of amides is 1. The van der Waals surface area contributed by atoms with Crippen molar-refractivity contribution >= 4 is 34.5 Å². The second-order valence-corrected chi connectivity index (χ2v) is 7.19. The van der Waals surface area contributed by atoms with Crippen LogP contribution in [0.3, 0.4) is 0 Å². The molecule has 2 heterocycles. The summed E-state index contributed by atoms with van der Waals surface area (Å²) in [5.74, 6) is 0.162. The van der Waals surface area contributed by atoms with Gasteiger partial charge in [-0.2, -0.15) is 0 Å². The molecule has 2 rings (SSSR count). The van der Waals surface area contributed by atoms with Crippen LogP contribution in [0, 0.1) is 0 Å². The number of hydrogen-bond acceptors (Lipinski definition) is 4. The molecule has 0 spiro atoms. The van der Waals surface area contributed by atoms with E-state index in [-0.39, 0.29) is 11.4 Å². The molecule has 6 heteroatoms. The van der Waals surface area contributed by atoms with Crippen LogP contribution in [0.4, 0.5) is 0 Å². The molecule has 0 unspecified atom stereocenters. The highest BCUT2D eigenvalue weighted by atomic mass is 32.1. The lowest BCUT2D eigenvalue weighted by Gasteiger charge is -2.43. The highest BCUT2D eigenvalue weighted by Crippen LogP contribution is 2.22. The molecule has 1 amide bonds. The zero-order chi connectivity index (χ0) is 15.6. The molecule has 0 aromatic carbocycles. The Morgan fingerprint density at radius 3 is 2.52 bits per heavy atom. The summed E-state index contributed by atoms with van der Waals surface area (Å²) in [5.41, 5.74) is 6.68. The fourth-order valence-electron chi connectivity index (χ4n) is 2.57. The van der Waals surface area contributed by atoms with Crippen molar-refractivity contribution in [2.45, 2.75) is 32.7 Å². The second-order valence-electron chi connectivity index (χ2n) is 5.83. The zero-order valence-electron chi connectivity index (χ0n) is 12.9. The third kappa shape index (κ3) is 3.27. The largest absolute Gasteiger partial charge is 0.392 e. The Kier molecular flexibility index (Phi) is 5.01. The molecule has 4 nitrogen and oxygen atoms in total. The van der Waals surface area contributed by atoms with Gasteiger partial charge in [-0.3, -0.25) is 9.69 Å². The molecular formula is C15H23N3OS2. The fraction of sp³-hybridized carbons (Fsp3) is 0.600. The minimum atomic E-state index is -0.290. The Morgan fingerprint density at radius 1 is 1.38 bits per heavy atom. The molecule has 1 fully saturated rings. The number of carbonyl (C=O) groups excluding carboxylic acids is 1. The van der Waals surface area contributed by atoms with E-state index in [0.29, 0.717) is 4.99 Å². The van der Waals surface area contributed by atoms with Crippen molar-refractivity contribution in [1.82, 2.24) is 9.80 Å². The molecule has 1 saturated heterocycles. The molecule has 1 aromatic heterocycles. The van der Waals surface area contributed by atoms with E-state index in [1.165, 1.54) is 0 Å². The monoisotopic (exact) mass is 325 g/mol. The number of thiophene rings is 1. The van der Waals surface area contributed by atoms with Gasteiger partial charge in [0.15, 0.2) is 0 Å². The molecule has 116 valence electrons. The predicted octanol–water partition coefficient (Wildman–Crippen LogP) is 2.13. The Balaban J connectivity index is 2.01. The van der Waals surface area contributed by atoms with Crippen molar-refractivity contribution in [2.75, 3.05) is 26.2 Å². The first-order valence-corrected chi connectivity index (χ1v) is 8.57. The number of nitrogens with two attached hydrogens (primary N) is 1. The van der Waals surface area contributed by atoms with Gasteiger partial charge in [-0.1, -0.05) is 19.1 Å². The quantitative estimate of drug-likeness (QED) is 0.862. The van der Waals surface area contributed by atoms with Gasteiger partial charge in [-0.15, -0.1) is 11.3 Å². The first kappa shape index (κ1) is 16.4. The molecule has 0 radical (unpaired) electrons. The maximum absolute atomic E-state index is 12.6. The van der Waals surface area contributed by atoms with Crippen LogP contribution < -0.4 is 5.73 Å². The second kappa shape index (κ2) is 6.42. The highest BCUT2D eigenvalue weighted by Gasteiger charge is 2.33. The molecule has 21 heavy (non-hydrogen) atoms. The van der Waals surface area contributed by atoms with Crippen molar-refractivity contribution in [2.24, 2.45) is 5.73 Å². The SMILES string of the molecule is CCc1ccsc1C(=O)N1CCN(C(C)(C)C(N)=S)CC1. The van der Waals surface area contributed by atoms with E-state index >= 15 is 0 Å². The van der Waals surface area contributed by atoms with Gasteiger partial charge < -0.3 is 10.6 Å². The van der Waals surface area contributed by atoms with Crippen molar-refractivity contribution < 1.29 is 4.79 Å². The molecule has 0 bridgehead atoms. The van der Waals surface area contributed by atoms with Gasteiger partial charge in [0, 0.05) is 26.2 Å². The molecule has 0 atom stereocenters. The van der Waals surface area contributed by atoms with Crippen molar-refractivity contribution in [3.05, 3.63) is 21.9 Å². The molecule has 1 aromatic rings. The molecular weight excluding hydrogens is 302 g/mol. The van der Waals surface area contributed by atoms with E-state index in [9.17, 15) is 4.79 Å². The Bertz CT molecular complexity index is 531. The summed E-state index contributed by atoms with van der Waals surface area (Å²) < 4.78 is 0. The van der Waals surface area contributed by atoms with Crippen molar-refractivity contribution in [3.63, 3.8) is 0 Å². The van der Waals surface area contributed by atoms with Crippen LogP contribution in [0.1, 0.15) is 36.0 Å². The van der Waals surface area contributed by atoms with Gasteiger partial charge in [-0.05, 0) is 37.3 Å². The van der Waals surface area contributed by atoms with Gasteiger partial charge in [0.2, 0.25) is 0 Å². The molecule has 0 saturated carbocycles. The summed E-state index contributed by atoms with van der Waals surface area (Å²) >= 11 is 6.69. The van der Waals surface area contributed by atoms with Crippen molar-refractivity contribution in [3.8, 4) is 0 Å². The number of aryl methyl sites for hydroxylation is 1. The maximum atomic E-state index is 12.6. The highest BCUT2D eigenvalue weighted by molar-refractivity contribution is 7.80. The molecule has 2 N–H and O–H groups in total. The third-order valence-corrected chi connectivity index (χ3v) is 5.73. The van der Waals surface area contributed by atoms with Crippen LogP contribution in [0.2, 0.25) is 0 Å². The third-order valence-electron chi connectivity index (χ3n) is 4.28. The Hall–Kier alpha value is -0.980. The molecule has 1 aliphatic heterocycles. The first-order chi connectivity index (χ1) is 9.87. The van der Waals surface area contributed by atoms with E-state index in [2.05, 4.69) is 11.8 Å². The summed E-state index contributed by atoms with van der Waals surface area (Å²) in [6.45, 7) is 9.24. The van der Waals surface area contributed by atoms with Gasteiger partial charge in [0.25, 0.3) is 5.91 Å². The average molecular weight is 326 g/mol. The van der Waals surface area contributed by atoms with E-state index in [4.69, 9.17) is 18.0 Å².